The highest BCUT2D eigenvalue weighted by Crippen LogP contribution is 2.55. The summed E-state index contributed by atoms with van der Waals surface area (Å²) < 4.78 is 13.2. The summed E-state index contributed by atoms with van der Waals surface area (Å²) in [4.78, 5) is 26.7. The number of urea groups is 1. The van der Waals surface area contributed by atoms with E-state index in [1.165, 1.54) is 19.3 Å². The van der Waals surface area contributed by atoms with Crippen molar-refractivity contribution >= 4 is 17.7 Å². The average molecular weight is 639 g/mol. The summed E-state index contributed by atoms with van der Waals surface area (Å²) in [7, 11) is 0. The van der Waals surface area contributed by atoms with Gasteiger partial charge in [0.15, 0.2) is 6.29 Å². The summed E-state index contributed by atoms with van der Waals surface area (Å²) in [6, 6.07) is 17.6. The summed E-state index contributed by atoms with van der Waals surface area (Å²) in [6.07, 6.45) is 11.1. The fraction of sp³-hybridized carbons (Fsp3) is 0.541. The van der Waals surface area contributed by atoms with Gasteiger partial charge in [-0.15, -0.1) is 0 Å². The van der Waals surface area contributed by atoms with E-state index in [-0.39, 0.29) is 30.4 Å². The molecule has 2 saturated heterocycles. The van der Waals surface area contributed by atoms with Crippen molar-refractivity contribution in [1.29, 1.82) is 0 Å². The Kier molecular flexibility index (Phi) is 8.60. The first-order valence-electron chi connectivity index (χ1n) is 17.4. The highest BCUT2D eigenvalue weighted by molar-refractivity contribution is 5.89. The molecule has 2 aliphatic heterocycles. The fourth-order valence-electron chi connectivity index (χ4n) is 9.30. The van der Waals surface area contributed by atoms with Crippen molar-refractivity contribution in [3.63, 3.8) is 0 Å². The Hall–Kier alpha value is -3.57. The molecular weight excluding hydrogens is 592 g/mol. The van der Waals surface area contributed by atoms with Crippen LogP contribution in [0.25, 0.3) is 0 Å². The number of amides is 2. The molecule has 3 N–H and O–H groups in total. The van der Waals surface area contributed by atoms with Gasteiger partial charge >= 0.3 is 6.03 Å². The second-order valence-electron chi connectivity index (χ2n) is 14.6. The normalized spacial score (nSPS) is 31.9. The number of benzene rings is 2. The van der Waals surface area contributed by atoms with Crippen molar-refractivity contribution in [2.24, 2.45) is 17.8 Å². The number of nitrogens with one attached hydrogen (secondary N) is 2. The van der Waals surface area contributed by atoms with Gasteiger partial charge in [0.1, 0.15) is 0 Å². The lowest BCUT2D eigenvalue weighted by Gasteiger charge is -2.56. The highest BCUT2D eigenvalue weighted by Gasteiger charge is 2.51. The first kappa shape index (κ1) is 30.7. The third-order valence-electron chi connectivity index (χ3n) is 11.1. The van der Waals surface area contributed by atoms with Crippen LogP contribution in [-0.2, 0) is 16.1 Å². The van der Waals surface area contributed by atoms with Gasteiger partial charge in [-0.25, -0.2) is 14.8 Å². The number of aliphatic hydroxyl groups is 1. The van der Waals surface area contributed by atoms with Crippen LogP contribution in [0.5, 0.6) is 0 Å². The molecular formula is C37H46N6O4. The van der Waals surface area contributed by atoms with Crippen LogP contribution in [-0.4, -0.2) is 70.4 Å². The van der Waals surface area contributed by atoms with E-state index in [1.807, 2.05) is 54.6 Å². The van der Waals surface area contributed by atoms with Crippen LogP contribution in [0.1, 0.15) is 74.0 Å². The molecule has 3 unspecified atom stereocenters. The molecule has 248 valence electrons. The van der Waals surface area contributed by atoms with E-state index in [2.05, 4.69) is 30.4 Å². The van der Waals surface area contributed by atoms with Crippen molar-refractivity contribution in [2.75, 3.05) is 42.9 Å². The molecule has 6 fully saturated rings. The predicted molar refractivity (Wildman–Crippen MR) is 179 cm³/mol. The SMILES string of the molecule is O=C(Nc1ccc(C2OC(CN3CCN(c4ncccn4)CC3)CC(c3ccc(CO)cc3)O2)cc1)NC12CC3CC(CC(C3)C1)C2. The summed E-state index contributed by atoms with van der Waals surface area (Å²) in [6.45, 7) is 4.37. The van der Waals surface area contributed by atoms with E-state index < -0.39 is 6.29 Å². The van der Waals surface area contributed by atoms with Crippen LogP contribution < -0.4 is 15.5 Å². The van der Waals surface area contributed by atoms with Crippen molar-refractivity contribution in [3.8, 4) is 0 Å². The third-order valence-corrected chi connectivity index (χ3v) is 11.1. The van der Waals surface area contributed by atoms with Gasteiger partial charge < -0.3 is 30.1 Å². The number of carbonyl (C=O) groups is 1. The Labute approximate surface area is 276 Å². The number of ether oxygens (including phenoxy) is 2. The van der Waals surface area contributed by atoms with Gasteiger partial charge in [-0.05, 0) is 85.6 Å². The first-order valence-corrected chi connectivity index (χ1v) is 17.4. The number of hydrogen-bond acceptors (Lipinski definition) is 8. The lowest BCUT2D eigenvalue weighted by Crippen LogP contribution is -2.60. The second kappa shape index (κ2) is 13.1. The molecule has 4 aliphatic carbocycles. The maximum atomic E-state index is 13.2. The van der Waals surface area contributed by atoms with E-state index in [0.29, 0.717) is 0 Å². The third kappa shape index (κ3) is 6.88. The van der Waals surface area contributed by atoms with Gasteiger partial charge in [-0.1, -0.05) is 36.4 Å². The molecule has 2 amide bonds. The standard InChI is InChI=1S/C37H46N6O4/c44-24-25-2-4-29(5-3-25)33-19-32(23-42-12-14-43(15-13-42)35-38-10-1-11-39-35)46-34(47-33)30-6-8-31(9-7-30)40-36(45)41-37-20-26-16-27(21-37)18-28(17-26)22-37/h1-11,26-28,32-34,44H,12-24H2,(H2,40,41,45). The first-order chi connectivity index (χ1) is 23.0. The van der Waals surface area contributed by atoms with E-state index in [4.69, 9.17) is 9.47 Å². The monoisotopic (exact) mass is 638 g/mol. The summed E-state index contributed by atoms with van der Waals surface area (Å²) in [5, 5.41) is 16.1. The van der Waals surface area contributed by atoms with Crippen LogP contribution in [0.3, 0.4) is 0 Å². The van der Waals surface area contributed by atoms with Crippen molar-refractivity contribution in [1.82, 2.24) is 20.2 Å². The Morgan fingerprint density at radius 2 is 1.47 bits per heavy atom. The summed E-state index contributed by atoms with van der Waals surface area (Å²) in [5.41, 5.74) is 3.62. The average Bonchev–Trinajstić information content (AvgIpc) is 3.08. The van der Waals surface area contributed by atoms with Gasteiger partial charge in [0, 0.05) is 68.3 Å². The molecule has 3 aromatic rings. The molecule has 2 aromatic carbocycles. The quantitative estimate of drug-likeness (QED) is 0.300. The molecule has 10 heteroatoms. The number of anilines is 2. The summed E-state index contributed by atoms with van der Waals surface area (Å²) in [5.74, 6) is 3.13. The highest BCUT2D eigenvalue weighted by atomic mass is 16.7. The van der Waals surface area contributed by atoms with Crippen LogP contribution in [0.4, 0.5) is 16.4 Å². The maximum Gasteiger partial charge on any atom is 0.319 e. The topological polar surface area (TPSA) is 112 Å². The molecule has 6 aliphatic rings. The number of hydrogen-bond donors (Lipinski definition) is 3. The van der Waals surface area contributed by atoms with Crippen molar-refractivity contribution in [2.45, 2.75) is 75.6 Å². The van der Waals surface area contributed by atoms with Crippen molar-refractivity contribution < 1.29 is 19.4 Å². The molecule has 1 aromatic heterocycles. The Bertz CT molecular complexity index is 1480. The fourth-order valence-corrected chi connectivity index (χ4v) is 9.30. The molecule has 10 nitrogen and oxygen atoms in total. The molecule has 47 heavy (non-hydrogen) atoms. The van der Waals surface area contributed by atoms with Crippen LogP contribution in [0.2, 0.25) is 0 Å². The van der Waals surface area contributed by atoms with E-state index >= 15 is 0 Å². The van der Waals surface area contributed by atoms with Crippen LogP contribution >= 0.6 is 0 Å². The minimum atomic E-state index is -0.537. The van der Waals surface area contributed by atoms with Gasteiger partial charge in [0.25, 0.3) is 0 Å². The smallest absolute Gasteiger partial charge is 0.319 e. The Morgan fingerprint density at radius 1 is 0.830 bits per heavy atom. The van der Waals surface area contributed by atoms with Crippen LogP contribution in [0.15, 0.2) is 67.0 Å². The summed E-state index contributed by atoms with van der Waals surface area (Å²) >= 11 is 0. The lowest BCUT2D eigenvalue weighted by atomic mass is 9.53. The van der Waals surface area contributed by atoms with Crippen molar-refractivity contribution in [3.05, 3.63) is 83.7 Å². The molecule has 3 atom stereocenters. The number of aromatic nitrogens is 2. The molecule has 4 bridgehead atoms. The molecule has 3 heterocycles. The lowest BCUT2D eigenvalue weighted by molar-refractivity contribution is -0.253. The Balaban J connectivity index is 0.921. The van der Waals surface area contributed by atoms with E-state index in [0.717, 1.165) is 104 Å². The minimum Gasteiger partial charge on any atom is -0.392 e. The zero-order valence-electron chi connectivity index (χ0n) is 27.0. The second-order valence-corrected chi connectivity index (χ2v) is 14.6. The predicted octanol–water partition coefficient (Wildman–Crippen LogP) is 5.43. The van der Waals surface area contributed by atoms with Gasteiger partial charge in [-0.2, -0.15) is 0 Å². The number of aliphatic hydroxyl groups excluding tert-OH is 1. The van der Waals surface area contributed by atoms with Gasteiger partial charge in [0.2, 0.25) is 5.95 Å². The zero-order valence-corrected chi connectivity index (χ0v) is 27.0. The molecule has 0 spiro atoms. The zero-order chi connectivity index (χ0) is 31.8. The maximum absolute atomic E-state index is 13.2. The van der Waals surface area contributed by atoms with Gasteiger partial charge in [0.05, 0.1) is 18.8 Å². The number of carbonyl (C=O) groups excluding carboxylic acids is 1. The molecule has 0 radical (unpaired) electrons. The molecule has 4 saturated carbocycles. The van der Waals surface area contributed by atoms with Gasteiger partial charge in [-0.3, -0.25) is 4.90 Å². The van der Waals surface area contributed by atoms with Crippen LogP contribution in [0, 0.1) is 17.8 Å². The van der Waals surface area contributed by atoms with E-state index in [1.54, 1.807) is 12.4 Å². The largest absolute Gasteiger partial charge is 0.392 e. The molecule has 9 rings (SSSR count). The number of nitrogens with zero attached hydrogens (tertiary/aromatic N) is 4. The number of piperazine rings is 1. The minimum absolute atomic E-state index is 0.0150. The Morgan fingerprint density at radius 3 is 2.11 bits per heavy atom. The number of rotatable bonds is 8. The van der Waals surface area contributed by atoms with E-state index in [9.17, 15) is 9.90 Å².